The van der Waals surface area contributed by atoms with Crippen molar-refractivity contribution in [3.05, 3.63) is 27.6 Å². The number of halogens is 1. The molecule has 1 aromatic heterocycles. The number of hydrogen-bond donors (Lipinski definition) is 2. The van der Waals surface area contributed by atoms with Crippen LogP contribution in [0.3, 0.4) is 0 Å². The van der Waals surface area contributed by atoms with Gasteiger partial charge in [-0.1, -0.05) is 11.6 Å². The van der Waals surface area contributed by atoms with Crippen molar-refractivity contribution in [3.63, 3.8) is 0 Å². The summed E-state index contributed by atoms with van der Waals surface area (Å²) in [6.45, 7) is 3.14. The molecule has 1 aromatic rings. The Morgan fingerprint density at radius 1 is 1.45 bits per heavy atom. The van der Waals surface area contributed by atoms with E-state index in [1.165, 1.54) is 0 Å². The predicted octanol–water partition coefficient (Wildman–Crippen LogP) is 1.12. The second-order valence-corrected chi connectivity index (χ2v) is 6.99. The number of aromatic nitrogens is 1. The maximum atomic E-state index is 12.2. The molecule has 0 radical (unpaired) electrons. The Labute approximate surface area is 122 Å². The van der Waals surface area contributed by atoms with Crippen molar-refractivity contribution in [1.82, 2.24) is 9.71 Å². The van der Waals surface area contributed by atoms with E-state index in [1.54, 1.807) is 0 Å². The number of pyridine rings is 1. The van der Waals surface area contributed by atoms with Gasteiger partial charge in [-0.3, -0.25) is 4.79 Å². The highest BCUT2D eigenvalue weighted by Crippen LogP contribution is 2.20. The molecule has 112 valence electrons. The van der Waals surface area contributed by atoms with Crippen LogP contribution in [0.2, 0.25) is 5.02 Å². The fourth-order valence-corrected chi connectivity index (χ4v) is 3.76. The summed E-state index contributed by atoms with van der Waals surface area (Å²) in [6.07, 6.45) is 2.80. The molecular weight excluding hydrogens is 304 g/mol. The van der Waals surface area contributed by atoms with Crippen LogP contribution < -0.4 is 10.3 Å². The zero-order valence-corrected chi connectivity index (χ0v) is 12.6. The minimum atomic E-state index is -3.69. The summed E-state index contributed by atoms with van der Waals surface area (Å²) >= 11 is 5.65. The summed E-state index contributed by atoms with van der Waals surface area (Å²) in [5.74, 6) is 0.247. The molecule has 2 N–H and O–H groups in total. The number of rotatable bonds is 4. The lowest BCUT2D eigenvalue weighted by Crippen LogP contribution is -2.40. The minimum absolute atomic E-state index is 0.0407. The smallest absolute Gasteiger partial charge is 0.266 e. The first-order chi connectivity index (χ1) is 9.40. The minimum Gasteiger partial charge on any atom is -0.381 e. The molecule has 2 rings (SSSR count). The van der Waals surface area contributed by atoms with Crippen LogP contribution >= 0.6 is 11.6 Å². The third kappa shape index (κ3) is 3.60. The molecule has 1 aliphatic rings. The van der Waals surface area contributed by atoms with E-state index in [-0.39, 0.29) is 21.9 Å². The van der Waals surface area contributed by atoms with Crippen LogP contribution in [-0.4, -0.2) is 32.7 Å². The van der Waals surface area contributed by atoms with Crippen molar-refractivity contribution >= 4 is 21.6 Å². The van der Waals surface area contributed by atoms with E-state index in [1.807, 2.05) is 6.92 Å². The molecular formula is C12H17ClN2O4S. The van der Waals surface area contributed by atoms with Crippen molar-refractivity contribution in [2.45, 2.75) is 30.7 Å². The molecule has 1 aliphatic heterocycles. The van der Waals surface area contributed by atoms with Gasteiger partial charge < -0.3 is 9.72 Å². The van der Waals surface area contributed by atoms with Crippen LogP contribution in [0.25, 0.3) is 0 Å². The van der Waals surface area contributed by atoms with Gasteiger partial charge in [0.1, 0.15) is 5.02 Å². The summed E-state index contributed by atoms with van der Waals surface area (Å²) in [6, 6.07) is 0.953. The normalized spacial score (nSPS) is 18.9. The molecule has 0 bridgehead atoms. The van der Waals surface area contributed by atoms with Gasteiger partial charge in [-0.15, -0.1) is 0 Å². The molecule has 1 fully saturated rings. The van der Waals surface area contributed by atoms with Crippen LogP contribution in [0.1, 0.15) is 19.8 Å². The van der Waals surface area contributed by atoms with E-state index >= 15 is 0 Å². The summed E-state index contributed by atoms with van der Waals surface area (Å²) in [5.41, 5.74) is -0.511. The first-order valence-corrected chi connectivity index (χ1v) is 8.24. The van der Waals surface area contributed by atoms with Gasteiger partial charge in [-0.2, -0.15) is 0 Å². The number of H-pyrrole nitrogens is 1. The second kappa shape index (κ2) is 6.26. The highest BCUT2D eigenvalue weighted by atomic mass is 35.5. The maximum absolute atomic E-state index is 12.2. The quantitative estimate of drug-likeness (QED) is 0.870. The molecule has 0 amide bonds. The Balaban J connectivity index is 2.13. The molecule has 0 spiro atoms. The van der Waals surface area contributed by atoms with Crippen LogP contribution in [0.15, 0.2) is 22.0 Å². The lowest BCUT2D eigenvalue weighted by molar-refractivity contribution is 0.0585. The van der Waals surface area contributed by atoms with Gasteiger partial charge >= 0.3 is 0 Å². The molecule has 2 heterocycles. The Morgan fingerprint density at radius 3 is 2.70 bits per heavy atom. The van der Waals surface area contributed by atoms with Crippen molar-refractivity contribution in [3.8, 4) is 0 Å². The van der Waals surface area contributed by atoms with Crippen molar-refractivity contribution in [2.24, 2.45) is 5.92 Å². The van der Waals surface area contributed by atoms with E-state index in [0.717, 1.165) is 25.1 Å². The van der Waals surface area contributed by atoms with E-state index in [0.29, 0.717) is 13.2 Å². The Hall–Kier alpha value is -0.890. The predicted molar refractivity (Wildman–Crippen MR) is 75.4 cm³/mol. The van der Waals surface area contributed by atoms with E-state index in [9.17, 15) is 13.2 Å². The third-order valence-electron chi connectivity index (χ3n) is 3.46. The zero-order chi connectivity index (χ0) is 14.8. The van der Waals surface area contributed by atoms with Gasteiger partial charge in [-0.25, -0.2) is 13.1 Å². The van der Waals surface area contributed by atoms with E-state index in [2.05, 4.69) is 9.71 Å². The molecule has 1 unspecified atom stereocenters. The monoisotopic (exact) mass is 320 g/mol. The summed E-state index contributed by atoms with van der Waals surface area (Å²) in [7, 11) is -3.69. The first kappa shape index (κ1) is 15.5. The fourth-order valence-electron chi connectivity index (χ4n) is 2.22. The summed E-state index contributed by atoms with van der Waals surface area (Å²) in [5, 5.41) is -0.147. The molecule has 0 aromatic carbocycles. The van der Waals surface area contributed by atoms with Crippen molar-refractivity contribution in [2.75, 3.05) is 13.2 Å². The summed E-state index contributed by atoms with van der Waals surface area (Å²) in [4.78, 5) is 13.4. The van der Waals surface area contributed by atoms with Gasteiger partial charge in [0.05, 0.1) is 4.90 Å². The lowest BCUT2D eigenvalue weighted by atomic mass is 9.94. The van der Waals surface area contributed by atoms with Crippen LogP contribution in [0, 0.1) is 5.92 Å². The number of hydrogen-bond acceptors (Lipinski definition) is 4. The van der Waals surface area contributed by atoms with Gasteiger partial charge in [0, 0.05) is 25.5 Å². The largest absolute Gasteiger partial charge is 0.381 e. The molecule has 6 nitrogen and oxygen atoms in total. The number of nitrogens with one attached hydrogen (secondary N) is 2. The highest BCUT2D eigenvalue weighted by molar-refractivity contribution is 7.89. The average Bonchev–Trinajstić information content (AvgIpc) is 2.42. The molecule has 0 saturated carbocycles. The molecule has 1 saturated heterocycles. The summed E-state index contributed by atoms with van der Waals surface area (Å²) < 4.78 is 32.3. The van der Waals surface area contributed by atoms with Crippen LogP contribution in [0.4, 0.5) is 0 Å². The van der Waals surface area contributed by atoms with E-state index < -0.39 is 15.6 Å². The van der Waals surface area contributed by atoms with Gasteiger partial charge in [0.25, 0.3) is 5.56 Å². The SMILES string of the molecule is CC(NS(=O)(=O)c1c[nH]c(=O)c(Cl)c1)C1CCOCC1. The van der Waals surface area contributed by atoms with Crippen molar-refractivity contribution < 1.29 is 13.2 Å². The van der Waals surface area contributed by atoms with Crippen LogP contribution in [0.5, 0.6) is 0 Å². The first-order valence-electron chi connectivity index (χ1n) is 6.38. The third-order valence-corrected chi connectivity index (χ3v) is 5.27. The Morgan fingerprint density at radius 2 is 2.10 bits per heavy atom. The van der Waals surface area contributed by atoms with Crippen molar-refractivity contribution in [1.29, 1.82) is 0 Å². The number of aromatic amines is 1. The topological polar surface area (TPSA) is 88.3 Å². The van der Waals surface area contributed by atoms with Crippen LogP contribution in [-0.2, 0) is 14.8 Å². The number of sulfonamides is 1. The second-order valence-electron chi connectivity index (χ2n) is 4.87. The molecule has 20 heavy (non-hydrogen) atoms. The lowest BCUT2D eigenvalue weighted by Gasteiger charge is -2.28. The van der Waals surface area contributed by atoms with Gasteiger partial charge in [0.2, 0.25) is 10.0 Å². The molecule has 8 heteroatoms. The number of ether oxygens (including phenoxy) is 1. The zero-order valence-electron chi connectivity index (χ0n) is 11.1. The van der Waals surface area contributed by atoms with Gasteiger partial charge in [0.15, 0.2) is 0 Å². The Kier molecular flexibility index (Phi) is 4.85. The standard InChI is InChI=1S/C12H17ClN2O4S/c1-8(9-2-4-19-5-3-9)15-20(17,18)10-6-11(13)12(16)14-7-10/h6-9,15H,2-5H2,1H3,(H,14,16). The highest BCUT2D eigenvalue weighted by Gasteiger charge is 2.25. The maximum Gasteiger partial charge on any atom is 0.266 e. The average molecular weight is 321 g/mol. The molecule has 1 atom stereocenters. The van der Waals surface area contributed by atoms with Gasteiger partial charge in [-0.05, 0) is 31.7 Å². The fraction of sp³-hybridized carbons (Fsp3) is 0.583. The molecule has 0 aliphatic carbocycles. The van der Waals surface area contributed by atoms with E-state index in [4.69, 9.17) is 16.3 Å². The Bertz CT molecular complexity index is 623.